The van der Waals surface area contributed by atoms with E-state index in [1.54, 1.807) is 0 Å². The molecule has 0 aromatic heterocycles. The van der Waals surface area contributed by atoms with E-state index in [1.165, 1.54) is 7.11 Å². The van der Waals surface area contributed by atoms with Crippen LogP contribution in [0.2, 0.25) is 0 Å². The highest BCUT2D eigenvalue weighted by Gasteiger charge is 2.51. The Morgan fingerprint density at radius 2 is 1.24 bits per heavy atom. The van der Waals surface area contributed by atoms with Crippen LogP contribution in [0, 0.1) is 0 Å². The van der Waals surface area contributed by atoms with Crippen molar-refractivity contribution in [3.63, 3.8) is 0 Å². The molecule has 0 N–H and O–H groups in total. The van der Waals surface area contributed by atoms with Crippen LogP contribution in [0.1, 0.15) is 23.1 Å². The van der Waals surface area contributed by atoms with E-state index >= 15 is 0 Å². The SMILES string of the molecule is COC(=O)[C@H]1CC(=O)CN1C(c1ccccc1)(c1ccccc1)c1ccccc1. The molecule has 1 aliphatic heterocycles. The lowest BCUT2D eigenvalue weighted by atomic mass is 9.75. The van der Waals surface area contributed by atoms with E-state index < -0.39 is 11.6 Å². The van der Waals surface area contributed by atoms with Gasteiger partial charge in [-0.1, -0.05) is 91.0 Å². The van der Waals surface area contributed by atoms with Gasteiger partial charge in [0.25, 0.3) is 0 Å². The van der Waals surface area contributed by atoms with Gasteiger partial charge in [-0.2, -0.15) is 0 Å². The summed E-state index contributed by atoms with van der Waals surface area (Å²) in [5.41, 5.74) is 2.21. The number of ether oxygens (including phenoxy) is 1. The molecular weight excluding hydrogens is 362 g/mol. The quantitative estimate of drug-likeness (QED) is 0.495. The molecule has 1 aliphatic rings. The minimum atomic E-state index is -0.797. The third-order valence-electron chi connectivity index (χ3n) is 5.62. The highest BCUT2D eigenvalue weighted by molar-refractivity contribution is 5.91. The van der Waals surface area contributed by atoms with Crippen molar-refractivity contribution in [2.24, 2.45) is 0 Å². The van der Waals surface area contributed by atoms with Crippen LogP contribution in [-0.2, 0) is 19.9 Å². The Morgan fingerprint density at radius 1 is 0.828 bits per heavy atom. The molecule has 1 saturated heterocycles. The zero-order valence-electron chi connectivity index (χ0n) is 16.3. The predicted octanol–water partition coefficient (Wildman–Crippen LogP) is 3.79. The summed E-state index contributed by atoms with van der Waals surface area (Å²) in [5.74, 6) is -0.351. The average molecular weight is 385 g/mol. The number of rotatable bonds is 5. The molecule has 0 radical (unpaired) electrons. The summed E-state index contributed by atoms with van der Waals surface area (Å²) in [6, 6.07) is 29.5. The van der Waals surface area contributed by atoms with Gasteiger partial charge in [-0.15, -0.1) is 0 Å². The van der Waals surface area contributed by atoms with Crippen LogP contribution in [0.3, 0.4) is 0 Å². The summed E-state index contributed by atoms with van der Waals surface area (Å²) < 4.78 is 5.08. The molecule has 4 heteroatoms. The number of methoxy groups -OCH3 is 1. The molecule has 0 saturated carbocycles. The molecule has 4 nitrogen and oxygen atoms in total. The zero-order valence-corrected chi connectivity index (χ0v) is 16.3. The number of hydrogen-bond acceptors (Lipinski definition) is 4. The van der Waals surface area contributed by atoms with E-state index in [0.29, 0.717) is 0 Å². The molecule has 0 aliphatic carbocycles. The van der Waals surface area contributed by atoms with E-state index in [0.717, 1.165) is 16.7 Å². The summed E-state index contributed by atoms with van der Waals surface area (Å²) in [5, 5.41) is 0. The van der Waals surface area contributed by atoms with E-state index in [4.69, 9.17) is 4.74 Å². The molecule has 1 fully saturated rings. The zero-order chi connectivity index (χ0) is 20.3. The molecule has 1 heterocycles. The Morgan fingerprint density at radius 3 is 1.62 bits per heavy atom. The Labute approximate surface area is 170 Å². The van der Waals surface area contributed by atoms with E-state index in [1.807, 2.05) is 59.5 Å². The fourth-order valence-electron chi connectivity index (χ4n) is 4.43. The third-order valence-corrected chi connectivity index (χ3v) is 5.62. The molecule has 3 aromatic rings. The number of likely N-dealkylation sites (tertiary alicyclic amines) is 1. The topological polar surface area (TPSA) is 46.6 Å². The van der Waals surface area contributed by atoms with Crippen molar-refractivity contribution in [2.75, 3.05) is 13.7 Å². The van der Waals surface area contributed by atoms with E-state index in [2.05, 4.69) is 36.4 Å². The summed E-state index contributed by atoms with van der Waals surface area (Å²) >= 11 is 0. The standard InChI is InChI=1S/C25H23NO3/c1-29-24(28)23-17-22(27)18-26(23)25(19-11-5-2-6-12-19,20-13-7-3-8-14-20)21-15-9-4-10-16-21/h2-16,23H,17-18H2,1H3/t23-/m1/s1. The molecule has 3 aromatic carbocycles. The fraction of sp³-hybridized carbons (Fsp3) is 0.200. The lowest BCUT2D eigenvalue weighted by Gasteiger charge is -2.45. The molecule has 0 amide bonds. The van der Waals surface area contributed by atoms with Crippen LogP contribution in [0.4, 0.5) is 0 Å². The predicted molar refractivity (Wildman–Crippen MR) is 111 cm³/mol. The first-order valence-electron chi connectivity index (χ1n) is 9.70. The van der Waals surface area contributed by atoms with Crippen molar-refractivity contribution < 1.29 is 14.3 Å². The first-order valence-corrected chi connectivity index (χ1v) is 9.70. The van der Waals surface area contributed by atoms with Crippen LogP contribution in [0.25, 0.3) is 0 Å². The number of nitrogens with zero attached hydrogens (tertiary/aromatic N) is 1. The average Bonchev–Trinajstić information content (AvgIpc) is 3.18. The minimum Gasteiger partial charge on any atom is -0.468 e. The first-order chi connectivity index (χ1) is 14.2. The van der Waals surface area contributed by atoms with E-state index in [9.17, 15) is 9.59 Å². The Kier molecular flexibility index (Phi) is 5.28. The molecule has 1 atom stereocenters. The molecule has 29 heavy (non-hydrogen) atoms. The number of carbonyl (C=O) groups is 2. The second-order valence-corrected chi connectivity index (χ2v) is 7.22. The number of Topliss-reactive ketones (excluding diaryl/α,β-unsaturated/α-hetero) is 1. The van der Waals surface area contributed by atoms with Crippen LogP contribution in [0.5, 0.6) is 0 Å². The highest BCUT2D eigenvalue weighted by Crippen LogP contribution is 2.45. The number of esters is 1. The molecule has 4 rings (SSSR count). The maximum Gasteiger partial charge on any atom is 0.323 e. The van der Waals surface area contributed by atoms with Gasteiger partial charge in [0.2, 0.25) is 0 Å². The number of carbonyl (C=O) groups excluding carboxylic acids is 2. The van der Waals surface area contributed by atoms with Crippen molar-refractivity contribution in [2.45, 2.75) is 18.0 Å². The Balaban J connectivity index is 2.06. The summed E-state index contributed by atoms with van der Waals surface area (Å²) in [6.45, 7) is 0.179. The fourth-order valence-corrected chi connectivity index (χ4v) is 4.43. The van der Waals surface area contributed by atoms with Crippen molar-refractivity contribution in [3.8, 4) is 0 Å². The summed E-state index contributed by atoms with van der Waals surface area (Å²) in [6.07, 6.45) is 0.154. The molecule has 0 bridgehead atoms. The first kappa shape index (κ1) is 19.1. The lowest BCUT2D eigenvalue weighted by Crippen LogP contribution is -2.53. The van der Waals surface area contributed by atoms with Crippen LogP contribution in [-0.4, -0.2) is 36.3 Å². The van der Waals surface area contributed by atoms with Crippen LogP contribution in [0.15, 0.2) is 91.0 Å². The van der Waals surface area contributed by atoms with Crippen molar-refractivity contribution in [1.29, 1.82) is 0 Å². The maximum absolute atomic E-state index is 12.7. The second kappa shape index (κ2) is 8.02. The summed E-state index contributed by atoms with van der Waals surface area (Å²) in [4.78, 5) is 27.3. The van der Waals surface area contributed by atoms with Crippen LogP contribution < -0.4 is 0 Å². The molecule has 0 spiro atoms. The molecule has 146 valence electrons. The molecule has 0 unspecified atom stereocenters. The third kappa shape index (κ3) is 3.26. The van der Waals surface area contributed by atoms with Gasteiger partial charge >= 0.3 is 5.97 Å². The Hall–Kier alpha value is -3.24. The number of ketones is 1. The highest BCUT2D eigenvalue weighted by atomic mass is 16.5. The van der Waals surface area contributed by atoms with Gasteiger partial charge in [-0.05, 0) is 16.7 Å². The monoisotopic (exact) mass is 385 g/mol. The van der Waals surface area contributed by atoms with Gasteiger partial charge in [0.15, 0.2) is 0 Å². The summed E-state index contributed by atoms with van der Waals surface area (Å²) in [7, 11) is 1.37. The second-order valence-electron chi connectivity index (χ2n) is 7.22. The maximum atomic E-state index is 12.7. The Bertz CT molecular complexity index is 890. The van der Waals surface area contributed by atoms with Gasteiger partial charge in [0.1, 0.15) is 11.8 Å². The normalized spacial score (nSPS) is 17.3. The molecular formula is C25H23NO3. The van der Waals surface area contributed by atoms with Gasteiger partial charge in [0.05, 0.1) is 19.2 Å². The van der Waals surface area contributed by atoms with Crippen molar-refractivity contribution in [1.82, 2.24) is 4.90 Å². The minimum absolute atomic E-state index is 0.0348. The van der Waals surface area contributed by atoms with Gasteiger partial charge in [0, 0.05) is 6.42 Å². The van der Waals surface area contributed by atoms with Crippen molar-refractivity contribution in [3.05, 3.63) is 108 Å². The van der Waals surface area contributed by atoms with Gasteiger partial charge in [-0.25, -0.2) is 0 Å². The van der Waals surface area contributed by atoms with Gasteiger partial charge < -0.3 is 4.74 Å². The largest absolute Gasteiger partial charge is 0.468 e. The number of benzene rings is 3. The smallest absolute Gasteiger partial charge is 0.323 e. The van der Waals surface area contributed by atoms with Crippen LogP contribution >= 0.6 is 0 Å². The van der Waals surface area contributed by atoms with E-state index in [-0.39, 0.29) is 24.7 Å². The van der Waals surface area contributed by atoms with Crippen molar-refractivity contribution >= 4 is 11.8 Å². The lowest BCUT2D eigenvalue weighted by molar-refractivity contribution is -0.147. The number of hydrogen-bond donors (Lipinski definition) is 0. The van der Waals surface area contributed by atoms with Gasteiger partial charge in [-0.3, -0.25) is 14.5 Å².